The second kappa shape index (κ2) is 5.88. The van der Waals surface area contributed by atoms with Crippen molar-refractivity contribution < 1.29 is 9.53 Å². The van der Waals surface area contributed by atoms with E-state index in [1.54, 1.807) is 30.1 Å². The number of anilines is 1. The van der Waals surface area contributed by atoms with Crippen LogP contribution in [0.4, 0.5) is 5.69 Å². The van der Waals surface area contributed by atoms with Crippen molar-refractivity contribution in [1.82, 2.24) is 9.78 Å². The van der Waals surface area contributed by atoms with Crippen molar-refractivity contribution in [3.63, 3.8) is 0 Å². The van der Waals surface area contributed by atoms with E-state index in [1.807, 2.05) is 19.1 Å². The average Bonchev–Trinajstić information content (AvgIpc) is 2.71. The number of carbonyl (C=O) groups is 1. The van der Waals surface area contributed by atoms with Gasteiger partial charge in [-0.05, 0) is 47.1 Å². The first kappa shape index (κ1) is 13.6. The molecule has 0 aliphatic carbocycles. The summed E-state index contributed by atoms with van der Waals surface area (Å²) >= 11 is 3.25. The van der Waals surface area contributed by atoms with E-state index in [2.05, 4.69) is 26.3 Å². The normalized spacial score (nSPS) is 10.3. The molecule has 1 N–H and O–H groups in total. The van der Waals surface area contributed by atoms with Gasteiger partial charge >= 0.3 is 0 Å². The Morgan fingerprint density at radius 1 is 1.42 bits per heavy atom. The molecule has 1 heterocycles. The van der Waals surface area contributed by atoms with E-state index in [-0.39, 0.29) is 5.91 Å². The molecule has 5 nitrogen and oxygen atoms in total. The van der Waals surface area contributed by atoms with Crippen LogP contribution in [0.1, 0.15) is 17.3 Å². The first-order chi connectivity index (χ1) is 9.10. The highest BCUT2D eigenvalue weighted by Gasteiger charge is 2.13. The number of hydrogen-bond donors (Lipinski definition) is 1. The molecule has 1 aromatic carbocycles. The summed E-state index contributed by atoms with van der Waals surface area (Å²) < 4.78 is 7.45. The summed E-state index contributed by atoms with van der Waals surface area (Å²) in [4.78, 5) is 12.0. The zero-order chi connectivity index (χ0) is 13.8. The van der Waals surface area contributed by atoms with Crippen LogP contribution in [-0.2, 0) is 7.05 Å². The Balaban J connectivity index is 2.08. The molecule has 6 heteroatoms. The molecule has 1 aromatic heterocycles. The Morgan fingerprint density at radius 2 is 2.11 bits per heavy atom. The molecule has 2 rings (SSSR count). The Morgan fingerprint density at radius 3 is 2.63 bits per heavy atom. The first-order valence-electron chi connectivity index (χ1n) is 5.83. The van der Waals surface area contributed by atoms with Crippen LogP contribution >= 0.6 is 15.9 Å². The van der Waals surface area contributed by atoms with Crippen LogP contribution in [-0.4, -0.2) is 22.3 Å². The maximum absolute atomic E-state index is 12.0. The van der Waals surface area contributed by atoms with Gasteiger partial charge in [0, 0.05) is 18.9 Å². The lowest BCUT2D eigenvalue weighted by atomic mass is 10.2. The number of carbonyl (C=O) groups excluding carboxylic acids is 1. The van der Waals surface area contributed by atoms with Gasteiger partial charge in [0.2, 0.25) is 0 Å². The smallest absolute Gasteiger partial charge is 0.260 e. The standard InChI is InChI=1S/C13H14BrN3O2/c1-3-19-10-6-4-9(5-7-10)15-13(18)11-8-17(2)16-12(11)14/h4-8H,3H2,1-2H3,(H,15,18). The molecule has 0 aliphatic rings. The van der Waals surface area contributed by atoms with Crippen molar-refractivity contribution in [2.24, 2.45) is 7.05 Å². The largest absolute Gasteiger partial charge is 0.494 e. The number of benzene rings is 1. The summed E-state index contributed by atoms with van der Waals surface area (Å²) in [6, 6.07) is 7.23. The lowest BCUT2D eigenvalue weighted by Gasteiger charge is -2.06. The van der Waals surface area contributed by atoms with Gasteiger partial charge in [-0.2, -0.15) is 5.10 Å². The minimum Gasteiger partial charge on any atom is -0.494 e. The molecule has 0 aliphatic heterocycles. The molecular formula is C13H14BrN3O2. The maximum Gasteiger partial charge on any atom is 0.260 e. The van der Waals surface area contributed by atoms with Gasteiger partial charge in [0.25, 0.3) is 5.91 Å². The number of rotatable bonds is 4. The zero-order valence-corrected chi connectivity index (χ0v) is 12.3. The van der Waals surface area contributed by atoms with Crippen molar-refractivity contribution in [2.45, 2.75) is 6.92 Å². The summed E-state index contributed by atoms with van der Waals surface area (Å²) in [5.41, 5.74) is 1.21. The number of nitrogens with zero attached hydrogens (tertiary/aromatic N) is 2. The fourth-order valence-corrected chi connectivity index (χ4v) is 2.15. The molecule has 0 unspecified atom stereocenters. The Kier molecular flexibility index (Phi) is 4.21. The van der Waals surface area contributed by atoms with E-state index < -0.39 is 0 Å². The zero-order valence-electron chi connectivity index (χ0n) is 10.7. The van der Waals surface area contributed by atoms with Gasteiger partial charge in [-0.15, -0.1) is 0 Å². The molecule has 1 amide bonds. The Bertz CT molecular complexity index is 578. The third-order valence-corrected chi connectivity index (χ3v) is 3.04. The Labute approximate surface area is 119 Å². The number of ether oxygens (including phenoxy) is 1. The monoisotopic (exact) mass is 323 g/mol. The van der Waals surface area contributed by atoms with Crippen molar-refractivity contribution >= 4 is 27.5 Å². The Hall–Kier alpha value is -1.82. The number of hydrogen-bond acceptors (Lipinski definition) is 3. The molecule has 2 aromatic rings. The number of nitrogens with one attached hydrogen (secondary N) is 1. The van der Waals surface area contributed by atoms with Crippen LogP contribution in [0, 0.1) is 0 Å². The summed E-state index contributed by atoms with van der Waals surface area (Å²) in [5, 5.41) is 6.87. The highest BCUT2D eigenvalue weighted by molar-refractivity contribution is 9.10. The number of halogens is 1. The van der Waals surface area contributed by atoms with E-state index in [1.165, 1.54) is 0 Å². The van der Waals surface area contributed by atoms with Crippen LogP contribution in [0.15, 0.2) is 35.1 Å². The lowest BCUT2D eigenvalue weighted by Crippen LogP contribution is -2.11. The maximum atomic E-state index is 12.0. The van der Waals surface area contributed by atoms with Gasteiger partial charge in [-0.25, -0.2) is 0 Å². The van der Waals surface area contributed by atoms with Crippen molar-refractivity contribution in [1.29, 1.82) is 0 Å². The van der Waals surface area contributed by atoms with Gasteiger partial charge in [-0.3, -0.25) is 9.48 Å². The summed E-state index contributed by atoms with van der Waals surface area (Å²) in [5.74, 6) is 0.576. The summed E-state index contributed by atoms with van der Waals surface area (Å²) in [7, 11) is 1.76. The van der Waals surface area contributed by atoms with E-state index in [4.69, 9.17) is 4.74 Å². The van der Waals surface area contributed by atoms with E-state index in [0.29, 0.717) is 22.5 Å². The van der Waals surface area contributed by atoms with Gasteiger partial charge < -0.3 is 10.1 Å². The van der Waals surface area contributed by atoms with Crippen molar-refractivity contribution in [3.8, 4) is 5.75 Å². The molecule has 0 saturated heterocycles. The van der Waals surface area contributed by atoms with E-state index in [0.717, 1.165) is 5.75 Å². The summed E-state index contributed by atoms with van der Waals surface area (Å²) in [6.45, 7) is 2.55. The van der Waals surface area contributed by atoms with Crippen LogP contribution in [0.25, 0.3) is 0 Å². The van der Waals surface area contributed by atoms with Crippen LogP contribution in [0.3, 0.4) is 0 Å². The third-order valence-electron chi connectivity index (χ3n) is 2.45. The van der Waals surface area contributed by atoms with Crippen LogP contribution < -0.4 is 10.1 Å². The lowest BCUT2D eigenvalue weighted by molar-refractivity contribution is 0.102. The molecule has 0 saturated carbocycles. The van der Waals surface area contributed by atoms with Gasteiger partial charge in [-0.1, -0.05) is 0 Å². The van der Waals surface area contributed by atoms with Crippen LogP contribution in [0.5, 0.6) is 5.75 Å². The topological polar surface area (TPSA) is 56.1 Å². The molecule has 19 heavy (non-hydrogen) atoms. The quantitative estimate of drug-likeness (QED) is 0.941. The average molecular weight is 324 g/mol. The van der Waals surface area contributed by atoms with Crippen molar-refractivity contribution in [3.05, 3.63) is 40.6 Å². The molecule has 0 radical (unpaired) electrons. The minimum absolute atomic E-state index is 0.205. The minimum atomic E-state index is -0.205. The third kappa shape index (κ3) is 3.35. The van der Waals surface area contributed by atoms with E-state index >= 15 is 0 Å². The number of aryl methyl sites for hydroxylation is 1. The molecule has 0 bridgehead atoms. The molecular weight excluding hydrogens is 310 g/mol. The molecule has 0 spiro atoms. The second-order valence-electron chi connectivity index (χ2n) is 3.92. The highest BCUT2D eigenvalue weighted by atomic mass is 79.9. The first-order valence-corrected chi connectivity index (χ1v) is 6.63. The SMILES string of the molecule is CCOc1ccc(NC(=O)c2cn(C)nc2Br)cc1. The molecule has 0 fully saturated rings. The predicted molar refractivity (Wildman–Crippen MR) is 76.5 cm³/mol. The van der Waals surface area contributed by atoms with Crippen LogP contribution in [0.2, 0.25) is 0 Å². The van der Waals surface area contributed by atoms with E-state index in [9.17, 15) is 4.79 Å². The predicted octanol–water partition coefficient (Wildman–Crippen LogP) is 2.83. The van der Waals surface area contributed by atoms with Gasteiger partial charge in [0.15, 0.2) is 0 Å². The van der Waals surface area contributed by atoms with Crippen molar-refractivity contribution in [2.75, 3.05) is 11.9 Å². The van der Waals surface area contributed by atoms with Gasteiger partial charge in [0.05, 0.1) is 12.2 Å². The fourth-order valence-electron chi connectivity index (χ4n) is 1.61. The number of amides is 1. The highest BCUT2D eigenvalue weighted by Crippen LogP contribution is 2.18. The summed E-state index contributed by atoms with van der Waals surface area (Å²) in [6.07, 6.45) is 1.66. The second-order valence-corrected chi connectivity index (χ2v) is 4.67. The molecule has 100 valence electrons. The van der Waals surface area contributed by atoms with Gasteiger partial charge in [0.1, 0.15) is 10.4 Å². The number of aromatic nitrogens is 2. The fraction of sp³-hybridized carbons (Fsp3) is 0.231. The molecule has 0 atom stereocenters.